The molecular weight excluding hydrogens is 379 g/mol. The lowest BCUT2D eigenvalue weighted by molar-refractivity contribution is 0.0953. The number of hydrogen-bond donors (Lipinski definition) is 1. The van der Waals surface area contributed by atoms with Crippen molar-refractivity contribution in [1.82, 2.24) is 20.1 Å². The number of hydrogen-bond acceptors (Lipinski definition) is 4. The molecule has 1 amide bonds. The number of nitrogens with one attached hydrogen (secondary N) is 1. The van der Waals surface area contributed by atoms with E-state index in [-0.39, 0.29) is 5.91 Å². The Balaban J connectivity index is 1.91. The molecule has 1 aromatic carbocycles. The van der Waals surface area contributed by atoms with Crippen molar-refractivity contribution in [3.63, 3.8) is 0 Å². The minimum absolute atomic E-state index is 0.260. The molecule has 0 unspecified atom stereocenters. The van der Waals surface area contributed by atoms with Crippen molar-refractivity contribution >= 4 is 40.9 Å². The maximum absolute atomic E-state index is 12.2. The highest BCUT2D eigenvalue weighted by Crippen LogP contribution is 2.24. The van der Waals surface area contributed by atoms with Gasteiger partial charge in [-0.25, -0.2) is 0 Å². The van der Waals surface area contributed by atoms with E-state index in [2.05, 4.69) is 33.9 Å². The van der Waals surface area contributed by atoms with Crippen molar-refractivity contribution in [2.45, 2.75) is 38.4 Å². The molecule has 0 aliphatic rings. The van der Waals surface area contributed by atoms with Crippen LogP contribution in [0.25, 0.3) is 0 Å². The molecule has 0 fully saturated rings. The van der Waals surface area contributed by atoms with Gasteiger partial charge in [-0.05, 0) is 30.7 Å². The summed E-state index contributed by atoms with van der Waals surface area (Å²) < 4.78 is 2.15. The molecule has 5 nitrogen and oxygen atoms in total. The van der Waals surface area contributed by atoms with E-state index in [1.54, 1.807) is 30.0 Å². The van der Waals surface area contributed by atoms with Crippen LogP contribution in [0.5, 0.6) is 0 Å². The fourth-order valence-corrected chi connectivity index (χ4v) is 3.55. The van der Waals surface area contributed by atoms with Gasteiger partial charge in [0.2, 0.25) is 0 Å². The predicted octanol–water partition coefficient (Wildman–Crippen LogP) is 4.33. The molecule has 25 heavy (non-hydrogen) atoms. The lowest BCUT2D eigenvalue weighted by Crippen LogP contribution is -2.25. The second kappa shape index (κ2) is 9.46. The van der Waals surface area contributed by atoms with E-state index in [0.29, 0.717) is 28.1 Å². The van der Waals surface area contributed by atoms with Crippen LogP contribution in [0.4, 0.5) is 0 Å². The van der Waals surface area contributed by atoms with Crippen LogP contribution in [0.15, 0.2) is 23.4 Å². The Morgan fingerprint density at radius 1 is 1.28 bits per heavy atom. The van der Waals surface area contributed by atoms with E-state index in [4.69, 9.17) is 23.2 Å². The van der Waals surface area contributed by atoms with E-state index >= 15 is 0 Å². The largest absolute Gasteiger partial charge is 0.352 e. The topological polar surface area (TPSA) is 59.8 Å². The van der Waals surface area contributed by atoms with Gasteiger partial charge in [-0.1, -0.05) is 54.9 Å². The molecule has 1 N–H and O–H groups in total. The number of carbonyl (C=O) groups is 1. The quantitative estimate of drug-likeness (QED) is 0.529. The van der Waals surface area contributed by atoms with Gasteiger partial charge in [0.1, 0.15) is 5.82 Å². The lowest BCUT2D eigenvalue weighted by atomic mass is 10.2. The lowest BCUT2D eigenvalue weighted by Gasteiger charge is -2.12. The number of amides is 1. The molecule has 0 aliphatic carbocycles. The Kier molecular flexibility index (Phi) is 7.59. The molecule has 136 valence electrons. The Morgan fingerprint density at radius 3 is 2.56 bits per heavy atom. The molecule has 0 radical (unpaired) electrons. The van der Waals surface area contributed by atoms with Crippen molar-refractivity contribution in [1.29, 1.82) is 0 Å². The zero-order valence-electron chi connectivity index (χ0n) is 14.6. The molecule has 2 rings (SSSR count). The van der Waals surface area contributed by atoms with E-state index in [1.807, 2.05) is 6.26 Å². The average Bonchev–Trinajstić information content (AvgIpc) is 2.92. The summed E-state index contributed by atoms with van der Waals surface area (Å²) in [7, 11) is 0. The third-order valence-electron chi connectivity index (χ3n) is 3.58. The Labute approximate surface area is 162 Å². The van der Waals surface area contributed by atoms with E-state index in [0.717, 1.165) is 30.4 Å². The number of benzene rings is 1. The van der Waals surface area contributed by atoms with Crippen LogP contribution in [0, 0.1) is 5.92 Å². The fraction of sp³-hybridized carbons (Fsp3) is 0.471. The molecule has 0 bridgehead atoms. The minimum Gasteiger partial charge on any atom is -0.352 e. The monoisotopic (exact) mass is 400 g/mol. The molecule has 1 heterocycles. The van der Waals surface area contributed by atoms with Gasteiger partial charge in [0.05, 0.1) is 15.6 Å². The maximum Gasteiger partial charge on any atom is 0.254 e. The Hall–Kier alpha value is -1.24. The molecule has 0 spiro atoms. The number of aromatic nitrogens is 3. The second-order valence-corrected chi connectivity index (χ2v) is 7.65. The third kappa shape index (κ3) is 5.36. The van der Waals surface area contributed by atoms with Gasteiger partial charge in [0, 0.05) is 19.5 Å². The summed E-state index contributed by atoms with van der Waals surface area (Å²) in [5, 5.41) is 13.0. The highest BCUT2D eigenvalue weighted by molar-refractivity contribution is 7.98. The maximum atomic E-state index is 12.2. The molecule has 0 saturated heterocycles. The number of rotatable bonds is 8. The van der Waals surface area contributed by atoms with Crippen LogP contribution in [-0.2, 0) is 13.0 Å². The van der Waals surface area contributed by atoms with Gasteiger partial charge < -0.3 is 9.88 Å². The standard InChI is InChI=1S/C17H22Cl2N4OS/c1-11(2)10-23-14(21-22-17(23)25-3)8-5-9-20-16(24)15-12(18)6-4-7-13(15)19/h4,6-7,11H,5,8-10H2,1-3H3,(H,20,24). The number of halogens is 2. The summed E-state index contributed by atoms with van der Waals surface area (Å²) in [6.07, 6.45) is 3.51. The van der Waals surface area contributed by atoms with Crippen LogP contribution in [-0.4, -0.2) is 33.5 Å². The first kappa shape index (κ1) is 20.1. The molecule has 1 aromatic heterocycles. The summed E-state index contributed by atoms with van der Waals surface area (Å²) in [5.41, 5.74) is 0.318. The van der Waals surface area contributed by atoms with Gasteiger partial charge in [0.15, 0.2) is 5.16 Å². The van der Waals surface area contributed by atoms with Crippen LogP contribution >= 0.6 is 35.0 Å². The zero-order valence-corrected chi connectivity index (χ0v) is 16.9. The van der Waals surface area contributed by atoms with E-state index in [9.17, 15) is 4.79 Å². The van der Waals surface area contributed by atoms with E-state index in [1.165, 1.54) is 0 Å². The van der Waals surface area contributed by atoms with Gasteiger partial charge in [-0.2, -0.15) is 0 Å². The van der Waals surface area contributed by atoms with Gasteiger partial charge in [0.25, 0.3) is 5.91 Å². The normalized spacial score (nSPS) is 11.1. The Morgan fingerprint density at radius 2 is 1.96 bits per heavy atom. The van der Waals surface area contributed by atoms with Crippen LogP contribution < -0.4 is 5.32 Å². The predicted molar refractivity (Wildman–Crippen MR) is 104 cm³/mol. The van der Waals surface area contributed by atoms with Crippen molar-refractivity contribution < 1.29 is 4.79 Å². The molecule has 0 atom stereocenters. The van der Waals surface area contributed by atoms with Crippen LogP contribution in [0.3, 0.4) is 0 Å². The molecule has 0 saturated carbocycles. The number of nitrogens with zero attached hydrogens (tertiary/aromatic N) is 3. The van der Waals surface area contributed by atoms with E-state index < -0.39 is 0 Å². The fourth-order valence-electron chi connectivity index (χ4n) is 2.45. The highest BCUT2D eigenvalue weighted by atomic mass is 35.5. The molecule has 8 heteroatoms. The van der Waals surface area contributed by atoms with Gasteiger partial charge >= 0.3 is 0 Å². The summed E-state index contributed by atoms with van der Waals surface area (Å²) in [6.45, 7) is 5.74. The molecule has 0 aliphatic heterocycles. The first-order valence-corrected chi connectivity index (χ1v) is 10.1. The second-order valence-electron chi connectivity index (χ2n) is 6.06. The Bertz CT molecular complexity index is 713. The van der Waals surface area contributed by atoms with Gasteiger partial charge in [-0.15, -0.1) is 10.2 Å². The number of carbonyl (C=O) groups excluding carboxylic acids is 1. The number of thioether (sulfide) groups is 1. The summed E-state index contributed by atoms with van der Waals surface area (Å²) in [5.74, 6) is 1.20. The highest BCUT2D eigenvalue weighted by Gasteiger charge is 2.15. The molecular formula is C17H22Cl2N4OS. The van der Waals surface area contributed by atoms with Crippen molar-refractivity contribution in [2.75, 3.05) is 12.8 Å². The van der Waals surface area contributed by atoms with Crippen molar-refractivity contribution in [3.8, 4) is 0 Å². The SMILES string of the molecule is CSc1nnc(CCCNC(=O)c2c(Cl)cccc2Cl)n1CC(C)C. The van der Waals surface area contributed by atoms with Crippen LogP contribution in [0.1, 0.15) is 36.5 Å². The smallest absolute Gasteiger partial charge is 0.254 e. The first-order chi connectivity index (χ1) is 11.9. The summed E-state index contributed by atoms with van der Waals surface area (Å²) in [6, 6.07) is 5.02. The molecule has 2 aromatic rings. The summed E-state index contributed by atoms with van der Waals surface area (Å²) in [4.78, 5) is 12.2. The van der Waals surface area contributed by atoms with Gasteiger partial charge in [-0.3, -0.25) is 4.79 Å². The van der Waals surface area contributed by atoms with Crippen molar-refractivity contribution in [2.24, 2.45) is 5.92 Å². The minimum atomic E-state index is -0.260. The zero-order chi connectivity index (χ0) is 18.4. The average molecular weight is 401 g/mol. The van der Waals surface area contributed by atoms with Crippen molar-refractivity contribution in [3.05, 3.63) is 39.6 Å². The third-order valence-corrected chi connectivity index (χ3v) is 4.87. The number of aryl methyl sites for hydroxylation is 1. The summed E-state index contributed by atoms with van der Waals surface area (Å²) >= 11 is 13.7. The van der Waals surface area contributed by atoms with Crippen LogP contribution in [0.2, 0.25) is 10.0 Å². The first-order valence-electron chi connectivity index (χ1n) is 8.12.